The van der Waals surface area contributed by atoms with E-state index in [1.54, 1.807) is 0 Å². The van der Waals surface area contributed by atoms with Crippen molar-refractivity contribution in [2.75, 3.05) is 33.3 Å². The molecule has 5 nitrogen and oxygen atoms in total. The second kappa shape index (κ2) is 5.69. The van der Waals surface area contributed by atoms with Gasteiger partial charge in [0.1, 0.15) is 5.52 Å². The van der Waals surface area contributed by atoms with Crippen molar-refractivity contribution < 1.29 is 9.15 Å². The molecule has 0 amide bonds. The molecule has 0 aliphatic carbocycles. The Hall–Kier alpha value is -1.43. The summed E-state index contributed by atoms with van der Waals surface area (Å²) in [5.74, 6) is 0.784. The van der Waals surface area contributed by atoms with Crippen LogP contribution in [0.5, 0.6) is 0 Å². The summed E-state index contributed by atoms with van der Waals surface area (Å²) in [4.78, 5) is 6.84. The van der Waals surface area contributed by atoms with Gasteiger partial charge in [-0.15, -0.1) is 0 Å². The van der Waals surface area contributed by atoms with E-state index in [2.05, 4.69) is 15.2 Å². The van der Waals surface area contributed by atoms with E-state index in [1.165, 1.54) is 0 Å². The largest absolute Gasteiger partial charge is 0.439 e. The highest BCUT2D eigenvalue weighted by Crippen LogP contribution is 2.17. The Labute approximate surface area is 112 Å². The predicted octanol–water partition coefficient (Wildman–Crippen LogP) is 1.25. The molecule has 0 radical (unpaired) electrons. The van der Waals surface area contributed by atoms with Crippen LogP contribution in [0.3, 0.4) is 0 Å². The van der Waals surface area contributed by atoms with Crippen molar-refractivity contribution in [1.82, 2.24) is 15.2 Å². The van der Waals surface area contributed by atoms with Crippen LogP contribution in [0.25, 0.3) is 11.1 Å². The highest BCUT2D eigenvalue weighted by Gasteiger charge is 2.21. The Kier molecular flexibility index (Phi) is 3.77. The number of benzene rings is 1. The van der Waals surface area contributed by atoms with Gasteiger partial charge in [-0.2, -0.15) is 0 Å². The molecule has 102 valence electrons. The van der Waals surface area contributed by atoms with Gasteiger partial charge in [0.15, 0.2) is 5.58 Å². The molecule has 19 heavy (non-hydrogen) atoms. The van der Waals surface area contributed by atoms with E-state index in [4.69, 9.17) is 9.15 Å². The van der Waals surface area contributed by atoms with Gasteiger partial charge in [-0.25, -0.2) is 4.98 Å². The molecule has 1 aromatic heterocycles. The normalized spacial score (nSPS) is 21.0. The first-order valence-corrected chi connectivity index (χ1v) is 6.68. The van der Waals surface area contributed by atoms with Gasteiger partial charge in [0.05, 0.1) is 19.3 Å². The molecule has 1 saturated heterocycles. The minimum atomic E-state index is 0.253. The molecule has 1 unspecified atom stereocenters. The van der Waals surface area contributed by atoms with Gasteiger partial charge in [-0.05, 0) is 19.2 Å². The lowest BCUT2D eigenvalue weighted by Gasteiger charge is -2.31. The third-order valence-corrected chi connectivity index (χ3v) is 3.35. The van der Waals surface area contributed by atoms with Gasteiger partial charge >= 0.3 is 0 Å². The second-order valence-corrected chi connectivity index (χ2v) is 4.86. The Morgan fingerprint density at radius 2 is 2.32 bits per heavy atom. The van der Waals surface area contributed by atoms with Gasteiger partial charge in [-0.3, -0.25) is 4.90 Å². The predicted molar refractivity (Wildman–Crippen MR) is 73.0 cm³/mol. The Bertz CT molecular complexity index is 505. The summed E-state index contributed by atoms with van der Waals surface area (Å²) in [6.07, 6.45) is 0.253. The SMILES string of the molecule is CNCC1CN(Cc2nc3ccccc3o2)CCO1. The number of ether oxygens (including phenoxy) is 1. The molecule has 0 spiro atoms. The van der Waals surface area contributed by atoms with Crippen LogP contribution in [0, 0.1) is 0 Å². The van der Waals surface area contributed by atoms with Crippen molar-refractivity contribution >= 4 is 11.1 Å². The molecule has 2 heterocycles. The van der Waals surface area contributed by atoms with E-state index >= 15 is 0 Å². The number of morpholine rings is 1. The molecule has 2 aromatic rings. The van der Waals surface area contributed by atoms with E-state index < -0.39 is 0 Å². The third-order valence-electron chi connectivity index (χ3n) is 3.35. The number of likely N-dealkylation sites (N-methyl/N-ethyl adjacent to an activating group) is 1. The van der Waals surface area contributed by atoms with Crippen LogP contribution < -0.4 is 5.32 Å². The minimum absolute atomic E-state index is 0.253. The van der Waals surface area contributed by atoms with Gasteiger partial charge in [-0.1, -0.05) is 12.1 Å². The molecule has 0 saturated carbocycles. The second-order valence-electron chi connectivity index (χ2n) is 4.86. The van der Waals surface area contributed by atoms with Crippen molar-refractivity contribution in [1.29, 1.82) is 0 Å². The molecule has 1 fully saturated rings. The van der Waals surface area contributed by atoms with E-state index in [9.17, 15) is 0 Å². The van der Waals surface area contributed by atoms with Crippen LogP contribution >= 0.6 is 0 Å². The summed E-state index contributed by atoms with van der Waals surface area (Å²) in [6, 6.07) is 7.88. The highest BCUT2D eigenvalue weighted by molar-refractivity contribution is 5.72. The van der Waals surface area contributed by atoms with Gasteiger partial charge in [0.2, 0.25) is 5.89 Å². The smallest absolute Gasteiger partial charge is 0.209 e. The zero-order valence-corrected chi connectivity index (χ0v) is 11.1. The van der Waals surface area contributed by atoms with Crippen molar-refractivity contribution in [2.45, 2.75) is 12.6 Å². The van der Waals surface area contributed by atoms with Crippen LogP contribution in [0.1, 0.15) is 5.89 Å². The van der Waals surface area contributed by atoms with Crippen molar-refractivity contribution in [3.8, 4) is 0 Å². The fraction of sp³-hybridized carbons (Fsp3) is 0.500. The number of fused-ring (bicyclic) bond motifs is 1. The van der Waals surface area contributed by atoms with E-state index in [1.807, 2.05) is 31.3 Å². The standard InChI is InChI=1S/C14H19N3O2/c1-15-8-11-9-17(6-7-18-11)10-14-16-12-4-2-3-5-13(12)19-14/h2-5,11,15H,6-10H2,1H3. The van der Waals surface area contributed by atoms with Gasteiger partial charge < -0.3 is 14.5 Å². The first-order valence-electron chi connectivity index (χ1n) is 6.68. The monoisotopic (exact) mass is 261 g/mol. The van der Waals surface area contributed by atoms with Crippen LogP contribution in [-0.2, 0) is 11.3 Å². The van der Waals surface area contributed by atoms with Crippen LogP contribution in [0.2, 0.25) is 0 Å². The summed E-state index contributed by atoms with van der Waals surface area (Å²) in [5, 5.41) is 3.15. The lowest BCUT2D eigenvalue weighted by Crippen LogP contribution is -2.45. The van der Waals surface area contributed by atoms with E-state index in [0.717, 1.165) is 49.8 Å². The fourth-order valence-electron chi connectivity index (χ4n) is 2.45. The quantitative estimate of drug-likeness (QED) is 0.897. The van der Waals surface area contributed by atoms with Gasteiger partial charge in [0, 0.05) is 19.6 Å². The molecule has 1 aliphatic heterocycles. The van der Waals surface area contributed by atoms with E-state index in [-0.39, 0.29) is 6.10 Å². The van der Waals surface area contributed by atoms with Crippen molar-refractivity contribution in [3.05, 3.63) is 30.2 Å². The lowest BCUT2D eigenvalue weighted by atomic mass is 10.2. The maximum Gasteiger partial charge on any atom is 0.209 e. The topological polar surface area (TPSA) is 50.5 Å². The molecular weight excluding hydrogens is 242 g/mol. The number of nitrogens with one attached hydrogen (secondary N) is 1. The average molecular weight is 261 g/mol. The summed E-state index contributed by atoms with van der Waals surface area (Å²) in [7, 11) is 1.95. The Morgan fingerprint density at radius 3 is 3.16 bits per heavy atom. The number of rotatable bonds is 4. The van der Waals surface area contributed by atoms with Gasteiger partial charge in [0.25, 0.3) is 0 Å². The Morgan fingerprint density at radius 1 is 1.42 bits per heavy atom. The molecule has 1 atom stereocenters. The molecular formula is C14H19N3O2. The molecule has 0 bridgehead atoms. The zero-order chi connectivity index (χ0) is 13.1. The maximum absolute atomic E-state index is 5.76. The summed E-state index contributed by atoms with van der Waals surface area (Å²) in [6.45, 7) is 4.24. The first kappa shape index (κ1) is 12.6. The van der Waals surface area contributed by atoms with Crippen LogP contribution in [0.15, 0.2) is 28.7 Å². The highest BCUT2D eigenvalue weighted by atomic mass is 16.5. The number of para-hydroxylation sites is 2. The number of hydrogen-bond acceptors (Lipinski definition) is 5. The third kappa shape index (κ3) is 2.94. The summed E-state index contributed by atoms with van der Waals surface area (Å²) >= 11 is 0. The average Bonchev–Trinajstić information content (AvgIpc) is 2.81. The first-order chi connectivity index (χ1) is 9.35. The molecule has 1 aliphatic rings. The van der Waals surface area contributed by atoms with E-state index in [0.29, 0.717) is 0 Å². The number of aromatic nitrogens is 1. The van der Waals surface area contributed by atoms with Crippen molar-refractivity contribution in [2.24, 2.45) is 0 Å². The number of hydrogen-bond donors (Lipinski definition) is 1. The maximum atomic E-state index is 5.76. The number of nitrogens with zero attached hydrogens (tertiary/aromatic N) is 2. The minimum Gasteiger partial charge on any atom is -0.439 e. The summed E-state index contributed by atoms with van der Waals surface area (Å²) < 4.78 is 11.4. The lowest BCUT2D eigenvalue weighted by molar-refractivity contribution is -0.0312. The summed E-state index contributed by atoms with van der Waals surface area (Å²) in [5.41, 5.74) is 1.79. The number of oxazole rings is 1. The fourth-order valence-corrected chi connectivity index (χ4v) is 2.45. The van der Waals surface area contributed by atoms with Crippen LogP contribution in [-0.4, -0.2) is 49.3 Å². The molecule has 1 aromatic carbocycles. The molecule has 3 rings (SSSR count). The molecule has 5 heteroatoms. The molecule has 1 N–H and O–H groups in total. The van der Waals surface area contributed by atoms with Crippen LogP contribution in [0.4, 0.5) is 0 Å². The Balaban J connectivity index is 1.67. The zero-order valence-electron chi connectivity index (χ0n) is 11.1. The van der Waals surface area contributed by atoms with Crippen molar-refractivity contribution in [3.63, 3.8) is 0 Å².